The van der Waals surface area contributed by atoms with Crippen molar-refractivity contribution in [2.75, 3.05) is 24.5 Å². The molecule has 23 heavy (non-hydrogen) atoms. The second-order valence-electron chi connectivity index (χ2n) is 6.22. The average molecular weight is 314 g/mol. The summed E-state index contributed by atoms with van der Waals surface area (Å²) in [6, 6.07) is 0. The first-order chi connectivity index (χ1) is 11.1. The lowest BCUT2D eigenvalue weighted by Crippen LogP contribution is -2.37. The summed E-state index contributed by atoms with van der Waals surface area (Å²) in [5.41, 5.74) is 0.836. The Hall–Kier alpha value is -2.64. The molecule has 8 heteroatoms. The van der Waals surface area contributed by atoms with Gasteiger partial charge >= 0.3 is 0 Å². The van der Waals surface area contributed by atoms with E-state index in [-0.39, 0.29) is 30.2 Å². The number of imidazole rings is 1. The highest BCUT2D eigenvalue weighted by Crippen LogP contribution is 2.34. The third kappa shape index (κ3) is 2.39. The highest BCUT2D eigenvalue weighted by atomic mass is 16.2. The molecular formula is C15H18N6O2. The quantitative estimate of drug-likeness (QED) is 0.782. The summed E-state index contributed by atoms with van der Waals surface area (Å²) in [5, 5.41) is 4.12. The molecule has 0 aromatic carbocycles. The van der Waals surface area contributed by atoms with Gasteiger partial charge in [-0.2, -0.15) is 5.10 Å². The van der Waals surface area contributed by atoms with Gasteiger partial charge in [0, 0.05) is 51.2 Å². The van der Waals surface area contributed by atoms with E-state index in [1.807, 2.05) is 13.2 Å². The van der Waals surface area contributed by atoms with Crippen LogP contribution < -0.4 is 4.90 Å². The number of hydrogen-bond donors (Lipinski definition) is 0. The standard InChI is InChI=1S/C15H18N6O2/c1-18-7-12(4-17-18)21-6-11-5-20(8-13(11)15(21)23)14(22)9-19-3-2-16-10-19/h2-4,7,10-11,13H,5-6,8-9H2,1H3/t11-,13-/m1/s1. The third-order valence-electron chi connectivity index (χ3n) is 4.67. The lowest BCUT2D eigenvalue weighted by Gasteiger charge is -2.21. The molecule has 120 valence electrons. The lowest BCUT2D eigenvalue weighted by molar-refractivity contribution is -0.131. The van der Waals surface area contributed by atoms with E-state index in [1.165, 1.54) is 0 Å². The molecule has 4 rings (SSSR count). The Kier molecular flexibility index (Phi) is 3.17. The molecule has 0 saturated carbocycles. The smallest absolute Gasteiger partial charge is 0.242 e. The van der Waals surface area contributed by atoms with Crippen molar-refractivity contribution in [3.05, 3.63) is 31.1 Å². The van der Waals surface area contributed by atoms with Crippen molar-refractivity contribution in [3.8, 4) is 0 Å². The predicted molar refractivity (Wildman–Crippen MR) is 81.3 cm³/mol. The van der Waals surface area contributed by atoms with Gasteiger partial charge in [0.05, 0.1) is 24.1 Å². The molecule has 0 N–H and O–H groups in total. The Morgan fingerprint density at radius 3 is 2.87 bits per heavy atom. The summed E-state index contributed by atoms with van der Waals surface area (Å²) in [7, 11) is 1.83. The van der Waals surface area contributed by atoms with Gasteiger partial charge in [0.1, 0.15) is 6.54 Å². The molecule has 2 aliphatic heterocycles. The van der Waals surface area contributed by atoms with Crippen molar-refractivity contribution < 1.29 is 9.59 Å². The van der Waals surface area contributed by atoms with E-state index in [0.717, 1.165) is 5.69 Å². The summed E-state index contributed by atoms with van der Waals surface area (Å²) in [6.45, 7) is 2.08. The zero-order chi connectivity index (χ0) is 16.0. The van der Waals surface area contributed by atoms with Gasteiger partial charge in [-0.1, -0.05) is 0 Å². The molecule has 8 nitrogen and oxygen atoms in total. The number of aromatic nitrogens is 4. The van der Waals surface area contributed by atoms with Crippen LogP contribution >= 0.6 is 0 Å². The van der Waals surface area contributed by atoms with Crippen LogP contribution in [0.4, 0.5) is 5.69 Å². The Bertz CT molecular complexity index is 737. The number of amides is 2. The molecule has 0 unspecified atom stereocenters. The highest BCUT2D eigenvalue weighted by molar-refractivity contribution is 5.98. The van der Waals surface area contributed by atoms with Crippen LogP contribution in [0.2, 0.25) is 0 Å². The molecule has 0 spiro atoms. The Morgan fingerprint density at radius 2 is 2.22 bits per heavy atom. The molecule has 2 aliphatic rings. The maximum Gasteiger partial charge on any atom is 0.242 e. The summed E-state index contributed by atoms with van der Waals surface area (Å²) in [4.78, 5) is 32.5. The highest BCUT2D eigenvalue weighted by Gasteiger charge is 2.47. The van der Waals surface area contributed by atoms with Crippen LogP contribution in [0, 0.1) is 11.8 Å². The number of likely N-dealkylation sites (tertiary alicyclic amines) is 1. The molecule has 2 saturated heterocycles. The summed E-state index contributed by atoms with van der Waals surface area (Å²) >= 11 is 0. The van der Waals surface area contributed by atoms with Gasteiger partial charge in [-0.15, -0.1) is 0 Å². The van der Waals surface area contributed by atoms with Crippen LogP contribution in [0.1, 0.15) is 0 Å². The summed E-state index contributed by atoms with van der Waals surface area (Å²) < 4.78 is 3.44. The second kappa shape index (κ2) is 5.22. The molecule has 4 heterocycles. The fourth-order valence-electron chi connectivity index (χ4n) is 3.48. The first-order valence-electron chi connectivity index (χ1n) is 7.65. The van der Waals surface area contributed by atoms with Crippen molar-refractivity contribution in [1.82, 2.24) is 24.2 Å². The largest absolute Gasteiger partial charge is 0.340 e. The van der Waals surface area contributed by atoms with E-state index in [4.69, 9.17) is 0 Å². The molecule has 0 aliphatic carbocycles. The zero-order valence-electron chi connectivity index (χ0n) is 12.9. The number of aryl methyl sites for hydroxylation is 1. The fraction of sp³-hybridized carbons (Fsp3) is 0.467. The Morgan fingerprint density at radius 1 is 1.35 bits per heavy atom. The number of anilines is 1. The van der Waals surface area contributed by atoms with Crippen LogP contribution in [0.3, 0.4) is 0 Å². The van der Waals surface area contributed by atoms with Crippen LogP contribution in [-0.2, 0) is 23.2 Å². The number of nitrogens with zero attached hydrogens (tertiary/aromatic N) is 6. The van der Waals surface area contributed by atoms with Crippen LogP contribution in [0.5, 0.6) is 0 Å². The van der Waals surface area contributed by atoms with E-state index >= 15 is 0 Å². The van der Waals surface area contributed by atoms with E-state index < -0.39 is 0 Å². The van der Waals surface area contributed by atoms with Crippen molar-refractivity contribution >= 4 is 17.5 Å². The molecular weight excluding hydrogens is 296 g/mol. The molecule has 0 bridgehead atoms. The van der Waals surface area contributed by atoms with E-state index in [9.17, 15) is 9.59 Å². The molecule has 2 fully saturated rings. The van der Waals surface area contributed by atoms with E-state index in [0.29, 0.717) is 19.6 Å². The lowest BCUT2D eigenvalue weighted by atomic mass is 10.0. The number of carbonyl (C=O) groups is 2. The molecule has 2 aromatic heterocycles. The van der Waals surface area contributed by atoms with Gasteiger partial charge in [-0.25, -0.2) is 4.98 Å². The number of hydrogen-bond acceptors (Lipinski definition) is 4. The predicted octanol–water partition coefficient (Wildman–Crippen LogP) is -0.262. The van der Waals surface area contributed by atoms with Crippen molar-refractivity contribution in [3.63, 3.8) is 0 Å². The number of rotatable bonds is 3. The molecule has 2 aromatic rings. The summed E-state index contributed by atoms with van der Waals surface area (Å²) in [6.07, 6.45) is 8.61. The van der Waals surface area contributed by atoms with Gasteiger partial charge in [0.15, 0.2) is 0 Å². The molecule has 2 atom stereocenters. The van der Waals surface area contributed by atoms with Gasteiger partial charge in [0.25, 0.3) is 0 Å². The van der Waals surface area contributed by atoms with Crippen LogP contribution in [0.15, 0.2) is 31.1 Å². The Labute approximate surface area is 133 Å². The van der Waals surface area contributed by atoms with E-state index in [2.05, 4.69) is 10.1 Å². The summed E-state index contributed by atoms with van der Waals surface area (Å²) in [5.74, 6) is 0.246. The fourth-order valence-corrected chi connectivity index (χ4v) is 3.48. The first kappa shape index (κ1) is 14.0. The van der Waals surface area contributed by atoms with Gasteiger partial charge in [0.2, 0.25) is 11.8 Å². The van der Waals surface area contributed by atoms with Crippen LogP contribution in [0.25, 0.3) is 0 Å². The maximum atomic E-state index is 12.6. The van der Waals surface area contributed by atoms with Gasteiger partial charge in [-0.3, -0.25) is 14.3 Å². The zero-order valence-corrected chi connectivity index (χ0v) is 12.9. The first-order valence-corrected chi connectivity index (χ1v) is 7.65. The maximum absolute atomic E-state index is 12.6. The number of fused-ring (bicyclic) bond motifs is 1. The minimum absolute atomic E-state index is 0.0399. The normalized spacial score (nSPS) is 23.6. The van der Waals surface area contributed by atoms with Gasteiger partial charge in [-0.05, 0) is 0 Å². The monoisotopic (exact) mass is 314 g/mol. The second-order valence-corrected chi connectivity index (χ2v) is 6.22. The van der Waals surface area contributed by atoms with Gasteiger partial charge < -0.3 is 14.4 Å². The number of carbonyl (C=O) groups excluding carboxylic acids is 2. The SMILES string of the molecule is Cn1cc(N2C[C@H]3CN(C(=O)Cn4ccnc4)C[C@H]3C2=O)cn1. The van der Waals surface area contributed by atoms with Crippen molar-refractivity contribution in [1.29, 1.82) is 0 Å². The minimum atomic E-state index is -0.0954. The van der Waals surface area contributed by atoms with Crippen molar-refractivity contribution in [2.24, 2.45) is 18.9 Å². The topological polar surface area (TPSA) is 76.3 Å². The third-order valence-corrected chi connectivity index (χ3v) is 4.67. The Balaban J connectivity index is 1.42. The minimum Gasteiger partial charge on any atom is -0.340 e. The van der Waals surface area contributed by atoms with Crippen molar-refractivity contribution in [2.45, 2.75) is 6.54 Å². The van der Waals surface area contributed by atoms with E-state index in [1.54, 1.807) is 44.0 Å². The molecule has 0 radical (unpaired) electrons. The average Bonchev–Trinajstić information content (AvgIpc) is 3.25. The molecule has 2 amide bonds. The van der Waals surface area contributed by atoms with Crippen LogP contribution in [-0.4, -0.2) is 55.7 Å².